The highest BCUT2D eigenvalue weighted by molar-refractivity contribution is 5.94. The molecule has 0 aromatic heterocycles. The van der Waals surface area contributed by atoms with Crippen molar-refractivity contribution < 1.29 is 4.79 Å². The average Bonchev–Trinajstić information content (AvgIpc) is 3.53. The summed E-state index contributed by atoms with van der Waals surface area (Å²) in [6.07, 6.45) is 8.53. The molecule has 5 nitrogen and oxygen atoms in total. The van der Waals surface area contributed by atoms with Gasteiger partial charge in [0.1, 0.15) is 0 Å². The van der Waals surface area contributed by atoms with Crippen molar-refractivity contribution >= 4 is 17.3 Å². The van der Waals surface area contributed by atoms with Gasteiger partial charge in [0.05, 0.1) is 0 Å². The summed E-state index contributed by atoms with van der Waals surface area (Å²) in [6.45, 7) is 4.54. The van der Waals surface area contributed by atoms with Crippen molar-refractivity contribution in [3.8, 4) is 0 Å². The number of hydrogen-bond acceptors (Lipinski definition) is 4. The normalized spacial score (nSPS) is 24.8. The number of benzene rings is 1. The first-order valence-electron chi connectivity index (χ1n) is 10.8. The Morgan fingerprint density at radius 2 is 1.89 bits per heavy atom. The highest BCUT2D eigenvalue weighted by Crippen LogP contribution is 2.31. The summed E-state index contributed by atoms with van der Waals surface area (Å²) in [5, 5.41) is 6.90. The van der Waals surface area contributed by atoms with E-state index < -0.39 is 0 Å². The van der Waals surface area contributed by atoms with Crippen molar-refractivity contribution in [1.82, 2.24) is 10.2 Å². The van der Waals surface area contributed by atoms with Crippen LogP contribution in [0, 0.1) is 5.92 Å². The Balaban J connectivity index is 1.24. The van der Waals surface area contributed by atoms with Gasteiger partial charge >= 0.3 is 0 Å². The molecule has 1 atom stereocenters. The number of carbonyl (C=O) groups excluding carboxylic acids is 1. The Hall–Kier alpha value is -1.59. The molecular weight excluding hydrogens is 336 g/mol. The van der Waals surface area contributed by atoms with Crippen LogP contribution in [0.3, 0.4) is 0 Å². The second-order valence-corrected chi connectivity index (χ2v) is 8.61. The van der Waals surface area contributed by atoms with Gasteiger partial charge in [-0.15, -0.1) is 0 Å². The van der Waals surface area contributed by atoms with E-state index in [1.54, 1.807) is 0 Å². The van der Waals surface area contributed by atoms with Crippen LogP contribution in [-0.2, 0) is 4.79 Å². The molecule has 1 aliphatic carbocycles. The van der Waals surface area contributed by atoms with Crippen molar-refractivity contribution in [3.63, 3.8) is 0 Å². The van der Waals surface area contributed by atoms with Crippen LogP contribution in [-0.4, -0.2) is 56.1 Å². The summed E-state index contributed by atoms with van der Waals surface area (Å²) in [5.41, 5.74) is 2.17. The number of rotatable bonds is 6. The van der Waals surface area contributed by atoms with Gasteiger partial charge in [-0.3, -0.25) is 4.79 Å². The van der Waals surface area contributed by atoms with E-state index in [-0.39, 0.29) is 11.8 Å². The van der Waals surface area contributed by atoms with Gasteiger partial charge in [-0.2, -0.15) is 0 Å². The summed E-state index contributed by atoms with van der Waals surface area (Å²) in [6, 6.07) is 9.69. The fourth-order valence-corrected chi connectivity index (χ4v) is 4.42. The molecule has 2 heterocycles. The van der Waals surface area contributed by atoms with E-state index in [0.717, 1.165) is 38.2 Å². The predicted molar refractivity (Wildman–Crippen MR) is 111 cm³/mol. The lowest BCUT2D eigenvalue weighted by Crippen LogP contribution is -2.48. The van der Waals surface area contributed by atoms with Gasteiger partial charge in [0.2, 0.25) is 5.91 Å². The van der Waals surface area contributed by atoms with Crippen LogP contribution in [0.5, 0.6) is 0 Å². The lowest BCUT2D eigenvalue weighted by atomic mass is 10.0. The maximum Gasteiger partial charge on any atom is 0.227 e. The molecule has 1 saturated carbocycles. The molecule has 0 bridgehead atoms. The first-order chi connectivity index (χ1) is 13.2. The van der Waals surface area contributed by atoms with Gasteiger partial charge in [-0.05, 0) is 70.3 Å². The number of hydrogen-bond donors (Lipinski definition) is 2. The number of nitrogens with one attached hydrogen (secondary N) is 2. The first-order valence-corrected chi connectivity index (χ1v) is 10.8. The third-order valence-corrected chi connectivity index (χ3v) is 6.49. The third kappa shape index (κ3) is 5.02. The number of likely N-dealkylation sites (tertiary alicyclic amines) is 1. The van der Waals surface area contributed by atoms with Crippen LogP contribution in [0.25, 0.3) is 0 Å². The largest absolute Gasteiger partial charge is 0.371 e. The Morgan fingerprint density at radius 3 is 2.63 bits per heavy atom. The molecule has 3 fully saturated rings. The number of piperidine rings is 2. The molecule has 0 spiro atoms. The molecule has 0 radical (unpaired) electrons. The van der Waals surface area contributed by atoms with E-state index in [1.807, 2.05) is 6.07 Å². The van der Waals surface area contributed by atoms with Crippen molar-refractivity contribution in [2.24, 2.45) is 5.92 Å². The minimum atomic E-state index is 0.183. The standard InChI is InChI=1S/C22H34N4O/c1-25-12-3-2-6-21(25)16-23-18-10-13-26(14-11-18)20-7-4-5-19(15-20)24-22(27)17-8-9-17/h4-5,7,15,17-18,21,23H,2-3,6,8-14,16H2,1H3,(H,24,27). The number of amides is 1. The van der Waals surface area contributed by atoms with Crippen LogP contribution in [0.1, 0.15) is 44.9 Å². The van der Waals surface area contributed by atoms with E-state index in [0.29, 0.717) is 12.1 Å². The molecule has 148 valence electrons. The van der Waals surface area contributed by atoms with Crippen LogP contribution in [0.2, 0.25) is 0 Å². The second-order valence-electron chi connectivity index (χ2n) is 8.61. The molecule has 2 saturated heterocycles. The van der Waals surface area contributed by atoms with E-state index in [4.69, 9.17) is 0 Å². The summed E-state index contributed by atoms with van der Waals surface area (Å²) >= 11 is 0. The van der Waals surface area contributed by atoms with Crippen LogP contribution in [0.4, 0.5) is 11.4 Å². The molecule has 1 aromatic rings. The van der Waals surface area contributed by atoms with Gasteiger partial charge in [0.15, 0.2) is 0 Å². The molecule has 3 aliphatic rings. The number of carbonyl (C=O) groups is 1. The maximum absolute atomic E-state index is 12.0. The van der Waals surface area contributed by atoms with Crippen molar-refractivity contribution in [2.75, 3.05) is 43.4 Å². The summed E-state index contributed by atoms with van der Waals surface area (Å²) in [7, 11) is 2.27. The molecule has 5 heteroatoms. The zero-order chi connectivity index (χ0) is 18.6. The van der Waals surface area contributed by atoms with E-state index >= 15 is 0 Å². The topological polar surface area (TPSA) is 47.6 Å². The Bertz CT molecular complexity index is 637. The van der Waals surface area contributed by atoms with Gasteiger partial charge in [-0.25, -0.2) is 0 Å². The van der Waals surface area contributed by atoms with Crippen molar-refractivity contribution in [3.05, 3.63) is 24.3 Å². The van der Waals surface area contributed by atoms with Gasteiger partial charge < -0.3 is 20.4 Å². The summed E-state index contributed by atoms with van der Waals surface area (Å²) < 4.78 is 0. The summed E-state index contributed by atoms with van der Waals surface area (Å²) in [4.78, 5) is 17.0. The molecule has 1 amide bonds. The fraction of sp³-hybridized carbons (Fsp3) is 0.682. The SMILES string of the molecule is CN1CCCCC1CNC1CCN(c2cccc(NC(=O)C3CC3)c2)CC1. The first kappa shape index (κ1) is 18.8. The van der Waals surface area contributed by atoms with Crippen LogP contribution in [0.15, 0.2) is 24.3 Å². The highest BCUT2D eigenvalue weighted by Gasteiger charge is 2.29. The number of nitrogens with zero attached hydrogens (tertiary/aromatic N) is 2. The molecule has 2 N–H and O–H groups in total. The van der Waals surface area contributed by atoms with Gasteiger partial charge in [-0.1, -0.05) is 12.5 Å². The maximum atomic E-state index is 12.0. The van der Waals surface area contributed by atoms with E-state index in [9.17, 15) is 4.79 Å². The van der Waals surface area contributed by atoms with Crippen LogP contribution >= 0.6 is 0 Å². The second kappa shape index (κ2) is 8.61. The molecule has 1 aromatic carbocycles. The minimum Gasteiger partial charge on any atom is -0.371 e. The monoisotopic (exact) mass is 370 g/mol. The smallest absolute Gasteiger partial charge is 0.227 e. The minimum absolute atomic E-state index is 0.183. The number of likely N-dealkylation sites (N-methyl/N-ethyl adjacent to an activating group) is 1. The fourth-order valence-electron chi connectivity index (χ4n) is 4.42. The third-order valence-electron chi connectivity index (χ3n) is 6.49. The highest BCUT2D eigenvalue weighted by atomic mass is 16.2. The van der Waals surface area contributed by atoms with Crippen molar-refractivity contribution in [2.45, 2.75) is 57.0 Å². The van der Waals surface area contributed by atoms with Gasteiger partial charge in [0.25, 0.3) is 0 Å². The molecular formula is C22H34N4O. The lowest BCUT2D eigenvalue weighted by Gasteiger charge is -2.37. The quantitative estimate of drug-likeness (QED) is 0.808. The Labute approximate surface area is 163 Å². The molecule has 1 unspecified atom stereocenters. The predicted octanol–water partition coefficient (Wildman–Crippen LogP) is 3.08. The zero-order valence-corrected chi connectivity index (χ0v) is 16.6. The molecule has 27 heavy (non-hydrogen) atoms. The van der Waals surface area contributed by atoms with Crippen molar-refractivity contribution in [1.29, 1.82) is 0 Å². The van der Waals surface area contributed by atoms with E-state index in [1.165, 1.54) is 44.3 Å². The average molecular weight is 371 g/mol. The van der Waals surface area contributed by atoms with Crippen LogP contribution < -0.4 is 15.5 Å². The lowest BCUT2D eigenvalue weighted by molar-refractivity contribution is -0.117. The summed E-state index contributed by atoms with van der Waals surface area (Å²) in [5.74, 6) is 0.432. The molecule has 4 rings (SSSR count). The number of anilines is 2. The van der Waals surface area contributed by atoms with Gasteiger partial charge in [0, 0.05) is 49.0 Å². The van der Waals surface area contributed by atoms with E-state index in [2.05, 4.69) is 45.7 Å². The molecule has 2 aliphatic heterocycles. The Kier molecular flexibility index (Phi) is 5.98. The Morgan fingerprint density at radius 1 is 1.07 bits per heavy atom. The zero-order valence-electron chi connectivity index (χ0n) is 16.6.